The van der Waals surface area contributed by atoms with Crippen molar-refractivity contribution in [3.63, 3.8) is 0 Å². The number of hydrogen-bond acceptors (Lipinski definition) is 3. The molecule has 3 nitrogen and oxygen atoms in total. The highest BCUT2D eigenvalue weighted by molar-refractivity contribution is 6.32. The second-order valence-electron chi connectivity index (χ2n) is 4.45. The molecule has 0 amide bonds. The van der Waals surface area contributed by atoms with Crippen LogP contribution in [0.5, 0.6) is 5.75 Å². The maximum absolute atomic E-state index is 12.0. The van der Waals surface area contributed by atoms with Crippen LogP contribution in [0, 0.1) is 0 Å². The van der Waals surface area contributed by atoms with E-state index >= 15 is 0 Å². The summed E-state index contributed by atoms with van der Waals surface area (Å²) in [5, 5.41) is 0.502. The first-order valence-electron chi connectivity index (χ1n) is 5.74. The third-order valence-electron chi connectivity index (χ3n) is 3.38. The van der Waals surface area contributed by atoms with E-state index in [4.69, 9.17) is 22.1 Å². The summed E-state index contributed by atoms with van der Waals surface area (Å²) in [6.07, 6.45) is 3.09. The second-order valence-corrected chi connectivity index (χ2v) is 4.85. The van der Waals surface area contributed by atoms with Gasteiger partial charge in [0, 0.05) is 11.4 Å². The lowest BCUT2D eigenvalue weighted by Gasteiger charge is -2.33. The molecule has 1 saturated carbocycles. The SMILES string of the molecule is COc1ccc(C2(N)CCCCC2=O)c(Cl)c1. The van der Waals surface area contributed by atoms with E-state index in [2.05, 4.69) is 0 Å². The van der Waals surface area contributed by atoms with Gasteiger partial charge in [0.25, 0.3) is 0 Å². The lowest BCUT2D eigenvalue weighted by Crippen LogP contribution is -2.47. The second kappa shape index (κ2) is 4.67. The van der Waals surface area contributed by atoms with Gasteiger partial charge in [0.1, 0.15) is 11.3 Å². The Labute approximate surface area is 106 Å². The Bertz CT molecular complexity index is 447. The average molecular weight is 254 g/mol. The molecule has 1 fully saturated rings. The number of rotatable bonds is 2. The van der Waals surface area contributed by atoms with Gasteiger partial charge < -0.3 is 10.5 Å². The van der Waals surface area contributed by atoms with Crippen LogP contribution in [0.1, 0.15) is 31.2 Å². The minimum atomic E-state index is -0.915. The quantitative estimate of drug-likeness (QED) is 0.882. The minimum absolute atomic E-state index is 0.0795. The number of nitrogens with two attached hydrogens (primary N) is 1. The molecule has 0 radical (unpaired) electrons. The van der Waals surface area contributed by atoms with E-state index in [9.17, 15) is 4.79 Å². The van der Waals surface area contributed by atoms with E-state index in [1.807, 2.05) is 0 Å². The van der Waals surface area contributed by atoms with Crippen LogP contribution in [0.25, 0.3) is 0 Å². The zero-order chi connectivity index (χ0) is 12.5. The third-order valence-corrected chi connectivity index (χ3v) is 3.69. The fourth-order valence-electron chi connectivity index (χ4n) is 2.32. The van der Waals surface area contributed by atoms with E-state index in [1.165, 1.54) is 0 Å². The molecule has 1 aromatic carbocycles. The first-order valence-corrected chi connectivity index (χ1v) is 6.12. The zero-order valence-electron chi connectivity index (χ0n) is 9.83. The maximum Gasteiger partial charge on any atom is 0.157 e. The van der Waals surface area contributed by atoms with Crippen LogP contribution in [0.15, 0.2) is 18.2 Å². The molecule has 4 heteroatoms. The summed E-state index contributed by atoms with van der Waals surface area (Å²) in [7, 11) is 1.58. The Morgan fingerprint density at radius 1 is 1.41 bits per heavy atom. The molecular formula is C13H16ClNO2. The summed E-state index contributed by atoms with van der Waals surface area (Å²) >= 11 is 6.18. The number of halogens is 1. The van der Waals surface area contributed by atoms with Gasteiger partial charge >= 0.3 is 0 Å². The molecular weight excluding hydrogens is 238 g/mol. The van der Waals surface area contributed by atoms with Gasteiger partial charge in [-0.2, -0.15) is 0 Å². The minimum Gasteiger partial charge on any atom is -0.497 e. The Kier molecular flexibility index (Phi) is 3.40. The van der Waals surface area contributed by atoms with E-state index in [1.54, 1.807) is 25.3 Å². The van der Waals surface area contributed by atoms with Crippen molar-refractivity contribution in [1.29, 1.82) is 0 Å². The lowest BCUT2D eigenvalue weighted by molar-refractivity contribution is -0.126. The number of methoxy groups -OCH3 is 1. The Morgan fingerprint density at radius 2 is 2.18 bits per heavy atom. The van der Waals surface area contributed by atoms with Crippen molar-refractivity contribution < 1.29 is 9.53 Å². The molecule has 0 spiro atoms. The predicted octanol–water partition coefficient (Wildman–Crippen LogP) is 2.65. The van der Waals surface area contributed by atoms with E-state index in [0.29, 0.717) is 29.2 Å². The van der Waals surface area contributed by atoms with Gasteiger partial charge in [-0.15, -0.1) is 0 Å². The normalized spacial score (nSPS) is 24.8. The largest absolute Gasteiger partial charge is 0.497 e. The zero-order valence-corrected chi connectivity index (χ0v) is 10.6. The third kappa shape index (κ3) is 2.17. The predicted molar refractivity (Wildman–Crippen MR) is 67.3 cm³/mol. The average Bonchev–Trinajstić information content (AvgIpc) is 2.32. The molecule has 1 atom stereocenters. The van der Waals surface area contributed by atoms with Gasteiger partial charge in [0.2, 0.25) is 0 Å². The van der Waals surface area contributed by atoms with Crippen LogP contribution in [0.4, 0.5) is 0 Å². The van der Waals surface area contributed by atoms with Gasteiger partial charge in [-0.25, -0.2) is 0 Å². The highest BCUT2D eigenvalue weighted by Crippen LogP contribution is 2.37. The number of benzene rings is 1. The summed E-state index contributed by atoms with van der Waals surface area (Å²) in [5.74, 6) is 0.751. The van der Waals surface area contributed by atoms with Crippen LogP contribution >= 0.6 is 11.6 Å². The fourth-order valence-corrected chi connectivity index (χ4v) is 2.66. The summed E-state index contributed by atoms with van der Waals surface area (Å²) in [6.45, 7) is 0. The van der Waals surface area contributed by atoms with Crippen LogP contribution in [-0.4, -0.2) is 12.9 Å². The summed E-state index contributed by atoms with van der Waals surface area (Å²) < 4.78 is 5.09. The lowest BCUT2D eigenvalue weighted by atomic mass is 9.76. The Morgan fingerprint density at radius 3 is 2.76 bits per heavy atom. The first kappa shape index (κ1) is 12.4. The van der Waals surface area contributed by atoms with Gasteiger partial charge in [0.15, 0.2) is 5.78 Å². The molecule has 1 aliphatic carbocycles. The molecule has 17 heavy (non-hydrogen) atoms. The summed E-state index contributed by atoms with van der Waals surface area (Å²) in [6, 6.07) is 5.29. The molecule has 0 aliphatic heterocycles. The van der Waals surface area contributed by atoms with Crippen LogP contribution in [0.2, 0.25) is 5.02 Å². The van der Waals surface area contributed by atoms with Crippen molar-refractivity contribution >= 4 is 17.4 Å². The molecule has 2 N–H and O–H groups in total. The van der Waals surface area contributed by atoms with Gasteiger partial charge in [-0.3, -0.25) is 4.79 Å². The van der Waals surface area contributed by atoms with Crippen molar-refractivity contribution in [2.75, 3.05) is 7.11 Å². The van der Waals surface area contributed by atoms with Crippen molar-refractivity contribution in [3.8, 4) is 5.75 Å². The highest BCUT2D eigenvalue weighted by Gasteiger charge is 2.38. The van der Waals surface area contributed by atoms with Crippen molar-refractivity contribution in [1.82, 2.24) is 0 Å². The molecule has 1 aromatic rings. The van der Waals surface area contributed by atoms with Crippen LogP contribution in [-0.2, 0) is 10.3 Å². The molecule has 0 saturated heterocycles. The maximum atomic E-state index is 12.0. The van der Waals surface area contributed by atoms with Crippen molar-refractivity contribution in [3.05, 3.63) is 28.8 Å². The molecule has 2 rings (SSSR count). The highest BCUT2D eigenvalue weighted by atomic mass is 35.5. The molecule has 92 valence electrons. The van der Waals surface area contributed by atoms with E-state index in [-0.39, 0.29) is 5.78 Å². The number of Topliss-reactive ketones (excluding diaryl/α,β-unsaturated/α-hetero) is 1. The number of hydrogen-bond donors (Lipinski definition) is 1. The van der Waals surface area contributed by atoms with Gasteiger partial charge in [-0.1, -0.05) is 24.1 Å². The van der Waals surface area contributed by atoms with Gasteiger partial charge in [0.05, 0.1) is 7.11 Å². The smallest absolute Gasteiger partial charge is 0.157 e. The van der Waals surface area contributed by atoms with Crippen LogP contribution < -0.4 is 10.5 Å². The summed E-state index contributed by atoms with van der Waals surface area (Å²) in [4.78, 5) is 12.0. The van der Waals surface area contributed by atoms with Gasteiger partial charge in [-0.05, 0) is 30.5 Å². The Hall–Kier alpha value is -1.06. The number of ketones is 1. The number of carbonyl (C=O) groups is 1. The molecule has 0 aromatic heterocycles. The summed E-state index contributed by atoms with van der Waals surface area (Å²) in [5.41, 5.74) is 6.04. The fraction of sp³-hybridized carbons (Fsp3) is 0.462. The first-order chi connectivity index (χ1) is 8.08. The molecule has 0 heterocycles. The van der Waals surface area contributed by atoms with Crippen LogP contribution in [0.3, 0.4) is 0 Å². The van der Waals surface area contributed by atoms with E-state index in [0.717, 1.165) is 12.8 Å². The number of carbonyl (C=O) groups excluding carboxylic acids is 1. The van der Waals surface area contributed by atoms with Crippen molar-refractivity contribution in [2.24, 2.45) is 5.73 Å². The standard InChI is InChI=1S/C13H16ClNO2/c1-17-9-5-6-10(11(14)8-9)13(15)7-3-2-4-12(13)16/h5-6,8H,2-4,7,15H2,1H3. The molecule has 1 unspecified atom stereocenters. The number of ether oxygens (including phenoxy) is 1. The molecule has 0 bridgehead atoms. The topological polar surface area (TPSA) is 52.3 Å². The van der Waals surface area contributed by atoms with E-state index < -0.39 is 5.54 Å². The van der Waals surface area contributed by atoms with Crippen molar-refractivity contribution in [2.45, 2.75) is 31.2 Å². The Balaban J connectivity index is 2.41. The monoisotopic (exact) mass is 253 g/mol. The molecule has 1 aliphatic rings.